The van der Waals surface area contributed by atoms with Crippen LogP contribution in [0.2, 0.25) is 0 Å². The number of aryl methyl sites for hydroxylation is 1. The lowest BCUT2D eigenvalue weighted by molar-refractivity contribution is -0.120. The van der Waals surface area contributed by atoms with Crippen LogP contribution in [0, 0.1) is 6.92 Å². The largest absolute Gasteiger partial charge is 0.379 e. The van der Waals surface area contributed by atoms with E-state index in [0.717, 1.165) is 39.0 Å². The third-order valence-electron chi connectivity index (χ3n) is 4.65. The summed E-state index contributed by atoms with van der Waals surface area (Å²) >= 11 is 1.73. The molecule has 0 bridgehead atoms. The van der Waals surface area contributed by atoms with Gasteiger partial charge in [-0.1, -0.05) is 48.0 Å². The molecule has 1 saturated heterocycles. The number of benzene rings is 2. The average molecular weight is 372 g/mol. The zero-order valence-corrected chi connectivity index (χ0v) is 16.8. The Hall–Kier alpha value is -1.62. The van der Waals surface area contributed by atoms with E-state index in [1.807, 2.05) is 25.1 Å². The normalized spacial score (nSPS) is 16.9. The van der Waals surface area contributed by atoms with E-state index in [9.17, 15) is 4.79 Å². The number of carbonyl (C=O) groups is 1. The van der Waals surface area contributed by atoms with Gasteiger partial charge in [-0.2, -0.15) is 0 Å². The fourth-order valence-electron chi connectivity index (χ4n) is 2.99. The molecule has 1 unspecified atom stereocenters. The minimum absolute atomic E-state index is 0.426. The van der Waals surface area contributed by atoms with E-state index in [1.54, 1.807) is 11.8 Å². The van der Waals surface area contributed by atoms with Crippen LogP contribution >= 0.6 is 11.8 Å². The topological polar surface area (TPSA) is 29.5 Å². The highest BCUT2D eigenvalue weighted by Gasteiger charge is 2.32. The van der Waals surface area contributed by atoms with Crippen molar-refractivity contribution < 1.29 is 9.53 Å². The van der Waals surface area contributed by atoms with Crippen LogP contribution in [-0.4, -0.2) is 49.3 Å². The molecular weight excluding hydrogens is 342 g/mol. The van der Waals surface area contributed by atoms with Crippen molar-refractivity contribution in [2.75, 3.05) is 32.6 Å². The third kappa shape index (κ3) is 6.27. The van der Waals surface area contributed by atoms with Crippen LogP contribution in [0.5, 0.6) is 0 Å². The quantitative estimate of drug-likeness (QED) is 0.581. The number of ether oxygens (including phenoxy) is 1. The lowest BCUT2D eigenvalue weighted by Crippen LogP contribution is -2.54. The van der Waals surface area contributed by atoms with Gasteiger partial charge in [0.1, 0.15) is 6.29 Å². The molecule has 2 aromatic carbocycles. The standard InChI is InChI=1S/C15H21NO2S.C7H8/c1-15(12-17,16-7-9-18-10-8-16)11-13-3-5-14(19-2)6-4-13;1-7-5-3-2-4-6-7/h3-6,12H,7-11H2,1-2H3;2-6H,1H3. The zero-order valence-electron chi connectivity index (χ0n) is 16.0. The number of carbonyl (C=O) groups excluding carboxylic acids is 1. The Morgan fingerprint density at radius 1 is 1.08 bits per heavy atom. The number of hydrogen-bond donors (Lipinski definition) is 0. The minimum atomic E-state index is -0.426. The highest BCUT2D eigenvalue weighted by molar-refractivity contribution is 7.98. The number of aldehydes is 1. The number of thioether (sulfide) groups is 1. The van der Waals surface area contributed by atoms with Crippen LogP contribution < -0.4 is 0 Å². The minimum Gasteiger partial charge on any atom is -0.379 e. The lowest BCUT2D eigenvalue weighted by atomic mass is 9.92. The summed E-state index contributed by atoms with van der Waals surface area (Å²) in [5, 5.41) is 0. The Morgan fingerprint density at radius 3 is 2.15 bits per heavy atom. The van der Waals surface area contributed by atoms with E-state index < -0.39 is 5.54 Å². The Bertz CT molecular complexity index is 654. The Balaban J connectivity index is 0.000000290. The second-order valence-corrected chi connectivity index (χ2v) is 7.63. The van der Waals surface area contributed by atoms with Gasteiger partial charge in [0.05, 0.1) is 18.8 Å². The molecule has 2 aromatic rings. The van der Waals surface area contributed by atoms with Crippen LogP contribution in [0.3, 0.4) is 0 Å². The number of nitrogens with zero attached hydrogens (tertiary/aromatic N) is 1. The molecule has 140 valence electrons. The molecule has 0 aromatic heterocycles. The van der Waals surface area contributed by atoms with Crippen molar-refractivity contribution in [1.82, 2.24) is 4.90 Å². The maximum Gasteiger partial charge on any atom is 0.140 e. The predicted octanol–water partition coefficient (Wildman–Crippen LogP) is 4.24. The highest BCUT2D eigenvalue weighted by atomic mass is 32.2. The Labute approximate surface area is 161 Å². The van der Waals surface area contributed by atoms with Gasteiger partial charge in [-0.3, -0.25) is 4.90 Å². The molecule has 4 heteroatoms. The summed E-state index contributed by atoms with van der Waals surface area (Å²) in [5.74, 6) is 0. The Kier molecular flexibility index (Phi) is 8.36. The van der Waals surface area contributed by atoms with Gasteiger partial charge < -0.3 is 9.53 Å². The summed E-state index contributed by atoms with van der Waals surface area (Å²) in [7, 11) is 0. The molecule has 0 radical (unpaired) electrons. The van der Waals surface area contributed by atoms with Gasteiger partial charge in [-0.15, -0.1) is 11.8 Å². The molecule has 1 fully saturated rings. The first-order chi connectivity index (χ1) is 12.6. The second kappa shape index (κ2) is 10.5. The van der Waals surface area contributed by atoms with E-state index in [1.165, 1.54) is 16.0 Å². The maximum atomic E-state index is 11.6. The van der Waals surface area contributed by atoms with Crippen LogP contribution in [-0.2, 0) is 16.0 Å². The molecular formula is C22H29NO2S. The van der Waals surface area contributed by atoms with Gasteiger partial charge in [0.15, 0.2) is 0 Å². The average Bonchev–Trinajstić information content (AvgIpc) is 2.70. The van der Waals surface area contributed by atoms with Crippen LogP contribution in [0.15, 0.2) is 59.5 Å². The van der Waals surface area contributed by atoms with Crippen molar-refractivity contribution in [3.8, 4) is 0 Å². The number of morpholine rings is 1. The zero-order chi connectivity index (χ0) is 18.8. The molecule has 0 N–H and O–H groups in total. The van der Waals surface area contributed by atoms with Crippen molar-refractivity contribution in [1.29, 1.82) is 0 Å². The summed E-state index contributed by atoms with van der Waals surface area (Å²) in [6.45, 7) is 7.20. The molecule has 3 nitrogen and oxygen atoms in total. The molecule has 1 heterocycles. The van der Waals surface area contributed by atoms with Crippen molar-refractivity contribution in [2.45, 2.75) is 30.7 Å². The first-order valence-corrected chi connectivity index (χ1v) is 10.2. The molecule has 26 heavy (non-hydrogen) atoms. The molecule has 1 atom stereocenters. The second-order valence-electron chi connectivity index (χ2n) is 6.75. The van der Waals surface area contributed by atoms with E-state index in [4.69, 9.17) is 4.74 Å². The fraction of sp³-hybridized carbons (Fsp3) is 0.409. The van der Waals surface area contributed by atoms with Gasteiger partial charge in [0.25, 0.3) is 0 Å². The maximum absolute atomic E-state index is 11.6. The molecule has 0 saturated carbocycles. The SMILES string of the molecule is CSc1ccc(CC(C)(C=O)N2CCOCC2)cc1.Cc1ccccc1. The summed E-state index contributed by atoms with van der Waals surface area (Å²) in [5.41, 5.74) is 2.10. The molecule has 0 aliphatic carbocycles. The fourth-order valence-corrected chi connectivity index (χ4v) is 3.40. The van der Waals surface area contributed by atoms with Gasteiger partial charge in [0.2, 0.25) is 0 Å². The predicted molar refractivity (Wildman–Crippen MR) is 110 cm³/mol. The van der Waals surface area contributed by atoms with Gasteiger partial charge in [-0.05, 0) is 44.2 Å². The smallest absolute Gasteiger partial charge is 0.140 e. The monoisotopic (exact) mass is 371 g/mol. The van der Waals surface area contributed by atoms with Crippen molar-refractivity contribution >= 4 is 18.0 Å². The van der Waals surface area contributed by atoms with Gasteiger partial charge >= 0.3 is 0 Å². The first kappa shape index (κ1) is 20.7. The van der Waals surface area contributed by atoms with E-state index in [-0.39, 0.29) is 0 Å². The van der Waals surface area contributed by atoms with Crippen molar-refractivity contribution in [2.24, 2.45) is 0 Å². The van der Waals surface area contributed by atoms with Crippen LogP contribution in [0.4, 0.5) is 0 Å². The summed E-state index contributed by atoms with van der Waals surface area (Å²) < 4.78 is 5.36. The highest BCUT2D eigenvalue weighted by Crippen LogP contribution is 2.22. The first-order valence-electron chi connectivity index (χ1n) is 9.01. The molecule has 1 aliphatic rings. The van der Waals surface area contributed by atoms with Gasteiger partial charge in [-0.25, -0.2) is 0 Å². The van der Waals surface area contributed by atoms with Crippen molar-refractivity contribution in [3.63, 3.8) is 0 Å². The molecule has 0 amide bonds. The number of hydrogen-bond acceptors (Lipinski definition) is 4. The number of rotatable bonds is 5. The summed E-state index contributed by atoms with van der Waals surface area (Å²) in [6.07, 6.45) is 3.91. The van der Waals surface area contributed by atoms with Crippen LogP contribution in [0.1, 0.15) is 18.1 Å². The summed E-state index contributed by atoms with van der Waals surface area (Å²) in [4.78, 5) is 15.0. The molecule has 1 aliphatic heterocycles. The lowest BCUT2D eigenvalue weighted by Gasteiger charge is -2.39. The van der Waals surface area contributed by atoms with E-state index in [2.05, 4.69) is 54.5 Å². The third-order valence-corrected chi connectivity index (χ3v) is 5.39. The van der Waals surface area contributed by atoms with E-state index in [0.29, 0.717) is 0 Å². The summed E-state index contributed by atoms with van der Waals surface area (Å²) in [6, 6.07) is 18.7. The molecule has 0 spiro atoms. The van der Waals surface area contributed by atoms with Crippen molar-refractivity contribution in [3.05, 3.63) is 65.7 Å². The van der Waals surface area contributed by atoms with Gasteiger partial charge in [0, 0.05) is 18.0 Å². The Morgan fingerprint density at radius 2 is 1.69 bits per heavy atom. The van der Waals surface area contributed by atoms with E-state index >= 15 is 0 Å². The molecule has 3 rings (SSSR count). The van der Waals surface area contributed by atoms with Crippen LogP contribution in [0.25, 0.3) is 0 Å².